The van der Waals surface area contributed by atoms with Gasteiger partial charge in [-0.3, -0.25) is 9.59 Å². The van der Waals surface area contributed by atoms with E-state index in [9.17, 15) is 14.9 Å². The molecule has 190 valence electrons. The van der Waals surface area contributed by atoms with Gasteiger partial charge in [0.1, 0.15) is 5.75 Å². The molecule has 0 aromatic heterocycles. The maximum Gasteiger partial charge on any atom is 0.255 e. The molecule has 1 fully saturated rings. The van der Waals surface area contributed by atoms with Crippen molar-refractivity contribution in [2.45, 2.75) is 45.1 Å². The molecule has 37 heavy (non-hydrogen) atoms. The molecule has 0 spiro atoms. The maximum absolute atomic E-state index is 13.2. The number of anilines is 1. The lowest BCUT2D eigenvalue weighted by Gasteiger charge is -2.40. The van der Waals surface area contributed by atoms with Crippen molar-refractivity contribution in [1.29, 1.82) is 5.26 Å². The first-order valence-electron chi connectivity index (χ1n) is 12.6. The molecule has 0 unspecified atom stereocenters. The largest absolute Gasteiger partial charge is 0.496 e. The highest BCUT2D eigenvalue weighted by Crippen LogP contribution is 2.41. The van der Waals surface area contributed by atoms with Gasteiger partial charge in [-0.1, -0.05) is 36.4 Å². The van der Waals surface area contributed by atoms with Crippen molar-refractivity contribution in [3.05, 3.63) is 83.4 Å². The van der Waals surface area contributed by atoms with Crippen molar-refractivity contribution in [2.75, 3.05) is 25.5 Å². The summed E-state index contributed by atoms with van der Waals surface area (Å²) in [5.41, 5.74) is 3.29. The van der Waals surface area contributed by atoms with Gasteiger partial charge in [-0.25, -0.2) is 0 Å². The number of ether oxygens (including phenoxy) is 1. The fraction of sp³-hybridized carbons (Fsp3) is 0.323. The molecular weight excluding hydrogens is 462 g/mol. The second-order valence-electron chi connectivity index (χ2n) is 9.88. The standard InChI is InChI=1S/C31H33N3O3/c1-21(2)34-16-14-31(20-32,15-17-34)28-19-25(11-13-29(28)37-4)33-30(36)24-10-12-26(27(18-24)22(3)35)23-8-6-5-7-9-23/h5-13,18-19,21H,14-17H2,1-4H3,(H,33,36). The van der Waals surface area contributed by atoms with E-state index in [1.54, 1.807) is 31.4 Å². The molecule has 1 N–H and O–H groups in total. The van der Waals surface area contributed by atoms with Gasteiger partial charge in [-0.15, -0.1) is 0 Å². The number of nitrogens with zero attached hydrogens (tertiary/aromatic N) is 2. The Morgan fingerprint density at radius 2 is 1.73 bits per heavy atom. The van der Waals surface area contributed by atoms with Gasteiger partial charge in [0.15, 0.2) is 5.78 Å². The average Bonchev–Trinajstić information content (AvgIpc) is 2.93. The van der Waals surface area contributed by atoms with E-state index in [-0.39, 0.29) is 11.7 Å². The first kappa shape index (κ1) is 26.1. The highest BCUT2D eigenvalue weighted by atomic mass is 16.5. The Kier molecular flexibility index (Phi) is 7.75. The molecule has 6 heteroatoms. The average molecular weight is 496 g/mol. The number of piperidine rings is 1. The molecule has 0 saturated carbocycles. The fourth-order valence-electron chi connectivity index (χ4n) is 5.07. The molecular formula is C31H33N3O3. The number of nitriles is 1. The van der Waals surface area contributed by atoms with Crippen molar-refractivity contribution in [1.82, 2.24) is 4.90 Å². The van der Waals surface area contributed by atoms with Gasteiger partial charge in [0, 0.05) is 41.5 Å². The van der Waals surface area contributed by atoms with Crippen LogP contribution in [0.4, 0.5) is 5.69 Å². The van der Waals surface area contributed by atoms with E-state index in [2.05, 4.69) is 30.1 Å². The zero-order valence-electron chi connectivity index (χ0n) is 21.9. The smallest absolute Gasteiger partial charge is 0.255 e. The minimum atomic E-state index is -0.684. The highest BCUT2D eigenvalue weighted by molar-refractivity contribution is 6.08. The molecule has 3 aromatic carbocycles. The number of carbonyl (C=O) groups is 2. The molecule has 6 nitrogen and oxygen atoms in total. The Morgan fingerprint density at radius 1 is 1.03 bits per heavy atom. The SMILES string of the molecule is COc1ccc(NC(=O)c2ccc(-c3ccccc3)c(C(C)=O)c2)cc1C1(C#N)CCN(C(C)C)CC1. The van der Waals surface area contributed by atoms with Crippen molar-refractivity contribution in [3.8, 4) is 22.9 Å². The Hall–Kier alpha value is -3.95. The minimum absolute atomic E-state index is 0.107. The summed E-state index contributed by atoms with van der Waals surface area (Å²) < 4.78 is 5.63. The van der Waals surface area contributed by atoms with Gasteiger partial charge in [0.25, 0.3) is 5.91 Å². The summed E-state index contributed by atoms with van der Waals surface area (Å²) in [5.74, 6) is 0.214. The summed E-state index contributed by atoms with van der Waals surface area (Å²) in [7, 11) is 1.60. The predicted molar refractivity (Wildman–Crippen MR) is 146 cm³/mol. The topological polar surface area (TPSA) is 82.4 Å². The summed E-state index contributed by atoms with van der Waals surface area (Å²) in [6.45, 7) is 7.49. The minimum Gasteiger partial charge on any atom is -0.496 e. The first-order chi connectivity index (χ1) is 17.8. The van der Waals surface area contributed by atoms with Crippen molar-refractivity contribution in [3.63, 3.8) is 0 Å². The third-order valence-corrected chi connectivity index (χ3v) is 7.31. The van der Waals surface area contributed by atoms with E-state index in [1.165, 1.54) is 6.92 Å². The van der Waals surface area contributed by atoms with Crippen LogP contribution in [0.25, 0.3) is 11.1 Å². The second-order valence-corrected chi connectivity index (χ2v) is 9.88. The van der Waals surface area contributed by atoms with E-state index < -0.39 is 5.41 Å². The van der Waals surface area contributed by atoms with Crippen LogP contribution < -0.4 is 10.1 Å². The van der Waals surface area contributed by atoms with Gasteiger partial charge in [-0.2, -0.15) is 5.26 Å². The summed E-state index contributed by atoms with van der Waals surface area (Å²) >= 11 is 0. The lowest BCUT2D eigenvalue weighted by atomic mass is 9.73. The van der Waals surface area contributed by atoms with E-state index in [0.717, 1.165) is 29.8 Å². The number of nitrogens with one attached hydrogen (secondary N) is 1. The Bertz CT molecular complexity index is 1330. The van der Waals surface area contributed by atoms with Gasteiger partial charge in [0.05, 0.1) is 18.6 Å². The zero-order chi connectivity index (χ0) is 26.6. The Balaban J connectivity index is 1.62. The lowest BCUT2D eigenvalue weighted by molar-refractivity contribution is 0.101. The van der Waals surface area contributed by atoms with E-state index in [0.29, 0.717) is 41.4 Å². The molecule has 0 aliphatic carbocycles. The fourth-order valence-corrected chi connectivity index (χ4v) is 5.07. The van der Waals surface area contributed by atoms with Gasteiger partial charge >= 0.3 is 0 Å². The highest BCUT2D eigenvalue weighted by Gasteiger charge is 2.39. The Labute approximate surface area is 218 Å². The maximum atomic E-state index is 13.2. The van der Waals surface area contributed by atoms with E-state index in [1.807, 2.05) is 42.5 Å². The van der Waals surface area contributed by atoms with Crippen molar-refractivity contribution < 1.29 is 14.3 Å². The van der Waals surface area contributed by atoms with Crippen LogP contribution in [0.15, 0.2) is 66.7 Å². The van der Waals surface area contributed by atoms with Crippen LogP contribution in [-0.4, -0.2) is 42.8 Å². The normalized spacial score (nSPS) is 15.1. The Morgan fingerprint density at radius 3 is 2.32 bits per heavy atom. The quantitative estimate of drug-likeness (QED) is 0.402. The summed E-state index contributed by atoms with van der Waals surface area (Å²) in [6, 6.07) is 23.3. The number of methoxy groups -OCH3 is 1. The number of rotatable bonds is 7. The van der Waals surface area contributed by atoms with Crippen LogP contribution in [0.3, 0.4) is 0 Å². The number of Topliss-reactive ketones (excluding diaryl/α,β-unsaturated/α-hetero) is 1. The number of ketones is 1. The number of hydrogen-bond acceptors (Lipinski definition) is 5. The van der Waals surface area contributed by atoms with Crippen LogP contribution >= 0.6 is 0 Å². The number of likely N-dealkylation sites (tertiary alicyclic amines) is 1. The zero-order valence-corrected chi connectivity index (χ0v) is 21.9. The monoisotopic (exact) mass is 495 g/mol. The van der Waals surface area contributed by atoms with Gasteiger partial charge in [0.2, 0.25) is 0 Å². The molecule has 1 amide bonds. The number of hydrogen-bond donors (Lipinski definition) is 1. The molecule has 0 radical (unpaired) electrons. The van der Waals surface area contributed by atoms with E-state index >= 15 is 0 Å². The van der Waals surface area contributed by atoms with Crippen LogP contribution in [0, 0.1) is 11.3 Å². The number of carbonyl (C=O) groups excluding carboxylic acids is 2. The van der Waals surface area contributed by atoms with Gasteiger partial charge in [-0.05, 0) is 75.1 Å². The van der Waals surface area contributed by atoms with Crippen molar-refractivity contribution >= 4 is 17.4 Å². The summed E-state index contributed by atoms with van der Waals surface area (Å²) in [6.07, 6.45) is 1.39. The number of benzene rings is 3. The third-order valence-electron chi connectivity index (χ3n) is 7.31. The molecule has 1 aliphatic heterocycles. The molecule has 1 aliphatic rings. The molecule has 1 heterocycles. The van der Waals surface area contributed by atoms with Crippen molar-refractivity contribution in [2.24, 2.45) is 0 Å². The molecule has 1 saturated heterocycles. The molecule has 0 bridgehead atoms. The molecule has 4 rings (SSSR count). The van der Waals surface area contributed by atoms with Crippen LogP contribution in [0.5, 0.6) is 5.75 Å². The second kappa shape index (κ2) is 11.0. The van der Waals surface area contributed by atoms with Gasteiger partial charge < -0.3 is 15.0 Å². The predicted octanol–water partition coefficient (Wildman–Crippen LogP) is 6.08. The summed E-state index contributed by atoms with van der Waals surface area (Å²) in [5, 5.41) is 13.2. The lowest BCUT2D eigenvalue weighted by Crippen LogP contribution is -2.44. The molecule has 0 atom stereocenters. The van der Waals surface area contributed by atoms with E-state index in [4.69, 9.17) is 4.74 Å². The summed E-state index contributed by atoms with van der Waals surface area (Å²) in [4.78, 5) is 28.0. The van der Waals surface area contributed by atoms with Crippen LogP contribution in [-0.2, 0) is 5.41 Å². The van der Waals surface area contributed by atoms with Crippen LogP contribution in [0.2, 0.25) is 0 Å². The third kappa shape index (κ3) is 5.42. The molecule has 3 aromatic rings. The first-order valence-corrected chi connectivity index (χ1v) is 12.6. The van der Waals surface area contributed by atoms with Crippen LogP contribution in [0.1, 0.15) is 59.9 Å². The number of amides is 1.